The van der Waals surface area contributed by atoms with Gasteiger partial charge in [-0.2, -0.15) is 0 Å². The molecule has 1 heterocycles. The number of hydrogen-bond acceptors (Lipinski definition) is 6. The molecule has 3 aromatic rings. The molecule has 1 amide bonds. The first-order valence-corrected chi connectivity index (χ1v) is 9.60. The van der Waals surface area contributed by atoms with E-state index in [1.807, 2.05) is 42.6 Å². The van der Waals surface area contributed by atoms with Gasteiger partial charge in [0.05, 0.1) is 5.69 Å². The zero-order chi connectivity index (χ0) is 19.9. The minimum atomic E-state index is -0.816. The predicted octanol–water partition coefficient (Wildman–Crippen LogP) is 4.07. The fourth-order valence-corrected chi connectivity index (χ4v) is 3.08. The fraction of sp³-hybridized carbons (Fsp3) is 0.190. The Hall–Kier alpha value is -3.19. The molecular formula is C21H20N2O4S. The molecule has 1 unspecified atom stereocenters. The van der Waals surface area contributed by atoms with E-state index >= 15 is 0 Å². The molecule has 1 N–H and O–H groups in total. The summed E-state index contributed by atoms with van der Waals surface area (Å²) in [7, 11) is 0. The van der Waals surface area contributed by atoms with Crippen LogP contribution in [0.1, 0.15) is 12.5 Å². The maximum Gasteiger partial charge on any atom is 0.347 e. The van der Waals surface area contributed by atoms with Crippen molar-refractivity contribution < 1.29 is 19.1 Å². The van der Waals surface area contributed by atoms with E-state index in [4.69, 9.17) is 9.47 Å². The molecule has 0 fully saturated rings. The molecule has 0 saturated heterocycles. The highest BCUT2D eigenvalue weighted by molar-refractivity contribution is 7.14. The van der Waals surface area contributed by atoms with E-state index in [1.165, 1.54) is 16.9 Å². The standard InChI is InChI=1S/C21H20N2O4S/c1-14-8-10-16(11-9-14)18-13-28-21(22-18)23-19(24)12-26-20(25)15(2)27-17-6-4-3-5-7-17/h3-11,13,15H,12H2,1-2H3,(H,22,23,24). The molecule has 0 bridgehead atoms. The van der Waals surface area contributed by atoms with Crippen LogP contribution >= 0.6 is 11.3 Å². The lowest BCUT2D eigenvalue weighted by Gasteiger charge is -2.13. The summed E-state index contributed by atoms with van der Waals surface area (Å²) in [5.41, 5.74) is 2.92. The number of thiazole rings is 1. The summed E-state index contributed by atoms with van der Waals surface area (Å²) in [5.74, 6) is -0.508. The lowest BCUT2D eigenvalue weighted by molar-refractivity contribution is -0.153. The second-order valence-electron chi connectivity index (χ2n) is 6.13. The molecular weight excluding hydrogens is 376 g/mol. The molecule has 0 aliphatic rings. The van der Waals surface area contributed by atoms with Gasteiger partial charge in [-0.05, 0) is 26.0 Å². The smallest absolute Gasteiger partial charge is 0.347 e. The van der Waals surface area contributed by atoms with Crippen molar-refractivity contribution in [3.63, 3.8) is 0 Å². The van der Waals surface area contributed by atoms with Crippen LogP contribution in [0.15, 0.2) is 60.0 Å². The van der Waals surface area contributed by atoms with Crippen LogP contribution < -0.4 is 10.1 Å². The van der Waals surface area contributed by atoms with Gasteiger partial charge in [0.25, 0.3) is 5.91 Å². The highest BCUT2D eigenvalue weighted by Gasteiger charge is 2.18. The summed E-state index contributed by atoms with van der Waals surface area (Å²) in [6.45, 7) is 3.19. The van der Waals surface area contributed by atoms with Crippen LogP contribution in [0.3, 0.4) is 0 Å². The molecule has 2 aromatic carbocycles. The van der Waals surface area contributed by atoms with Gasteiger partial charge in [-0.15, -0.1) is 11.3 Å². The molecule has 1 atom stereocenters. The van der Waals surface area contributed by atoms with Crippen molar-refractivity contribution in [2.24, 2.45) is 0 Å². The number of ether oxygens (including phenoxy) is 2. The van der Waals surface area contributed by atoms with Crippen LogP contribution in [0.25, 0.3) is 11.3 Å². The van der Waals surface area contributed by atoms with Gasteiger partial charge >= 0.3 is 5.97 Å². The van der Waals surface area contributed by atoms with Crippen LogP contribution in [-0.2, 0) is 14.3 Å². The van der Waals surface area contributed by atoms with Gasteiger partial charge in [0.2, 0.25) is 0 Å². The third-order valence-electron chi connectivity index (χ3n) is 3.83. The lowest BCUT2D eigenvalue weighted by Crippen LogP contribution is -2.29. The number of carbonyl (C=O) groups is 2. The maximum absolute atomic E-state index is 12.0. The topological polar surface area (TPSA) is 77.5 Å². The molecule has 1 aromatic heterocycles. The van der Waals surface area contributed by atoms with Crippen molar-refractivity contribution in [3.8, 4) is 17.0 Å². The van der Waals surface area contributed by atoms with Gasteiger partial charge in [0.1, 0.15) is 5.75 Å². The summed E-state index contributed by atoms with van der Waals surface area (Å²) in [5, 5.41) is 4.95. The molecule has 0 aliphatic heterocycles. The molecule has 144 valence electrons. The van der Waals surface area contributed by atoms with Crippen molar-refractivity contribution in [1.82, 2.24) is 4.98 Å². The number of carbonyl (C=O) groups excluding carboxylic acids is 2. The summed E-state index contributed by atoms with van der Waals surface area (Å²) in [6.07, 6.45) is -0.816. The summed E-state index contributed by atoms with van der Waals surface area (Å²) in [4.78, 5) is 28.4. The monoisotopic (exact) mass is 396 g/mol. The van der Waals surface area contributed by atoms with E-state index in [2.05, 4.69) is 10.3 Å². The SMILES string of the molecule is Cc1ccc(-c2csc(NC(=O)COC(=O)C(C)Oc3ccccc3)n2)cc1. The molecule has 0 spiro atoms. The van der Waals surface area contributed by atoms with Gasteiger partial charge in [-0.1, -0.05) is 48.0 Å². The van der Waals surface area contributed by atoms with E-state index in [0.717, 1.165) is 11.3 Å². The second kappa shape index (κ2) is 9.14. The Bertz CT molecular complexity index is 939. The highest BCUT2D eigenvalue weighted by atomic mass is 32.1. The van der Waals surface area contributed by atoms with E-state index < -0.39 is 24.6 Å². The molecule has 28 heavy (non-hydrogen) atoms. The Morgan fingerprint density at radius 1 is 1.11 bits per heavy atom. The first-order valence-electron chi connectivity index (χ1n) is 8.72. The molecule has 6 nitrogen and oxygen atoms in total. The number of rotatable bonds is 7. The molecule has 0 saturated carbocycles. The number of esters is 1. The Labute approximate surface area is 167 Å². The lowest BCUT2D eigenvalue weighted by atomic mass is 10.1. The highest BCUT2D eigenvalue weighted by Crippen LogP contribution is 2.25. The molecule has 0 aliphatic carbocycles. The first kappa shape index (κ1) is 19.6. The van der Waals surface area contributed by atoms with Gasteiger partial charge in [0, 0.05) is 10.9 Å². The Kier molecular flexibility index (Phi) is 6.39. The number of hydrogen-bond donors (Lipinski definition) is 1. The number of aryl methyl sites for hydroxylation is 1. The number of anilines is 1. The average molecular weight is 396 g/mol. The van der Waals surface area contributed by atoms with Gasteiger partial charge in [-0.3, -0.25) is 10.1 Å². The van der Waals surface area contributed by atoms with Crippen LogP contribution in [0.4, 0.5) is 5.13 Å². The fourth-order valence-electron chi connectivity index (χ4n) is 2.35. The zero-order valence-corrected chi connectivity index (χ0v) is 16.4. The Morgan fingerprint density at radius 2 is 1.82 bits per heavy atom. The summed E-state index contributed by atoms with van der Waals surface area (Å²) < 4.78 is 10.5. The summed E-state index contributed by atoms with van der Waals surface area (Å²) in [6, 6.07) is 16.9. The number of para-hydroxylation sites is 1. The summed E-state index contributed by atoms with van der Waals surface area (Å²) >= 11 is 1.31. The number of nitrogens with zero attached hydrogens (tertiary/aromatic N) is 1. The first-order chi connectivity index (χ1) is 13.5. The predicted molar refractivity (Wildman–Crippen MR) is 108 cm³/mol. The van der Waals surface area contributed by atoms with E-state index in [0.29, 0.717) is 10.9 Å². The quantitative estimate of drug-likeness (QED) is 0.609. The Morgan fingerprint density at radius 3 is 2.54 bits per heavy atom. The van der Waals surface area contributed by atoms with Crippen LogP contribution in [0, 0.1) is 6.92 Å². The molecule has 3 rings (SSSR count). The van der Waals surface area contributed by atoms with Crippen molar-refractivity contribution in [1.29, 1.82) is 0 Å². The van der Waals surface area contributed by atoms with E-state index in [9.17, 15) is 9.59 Å². The molecule has 0 radical (unpaired) electrons. The normalized spacial score (nSPS) is 11.5. The van der Waals surface area contributed by atoms with Crippen molar-refractivity contribution in [2.75, 3.05) is 11.9 Å². The minimum absolute atomic E-state index is 0.402. The van der Waals surface area contributed by atoms with Crippen molar-refractivity contribution >= 4 is 28.3 Å². The third kappa shape index (κ3) is 5.40. The van der Waals surface area contributed by atoms with Crippen molar-refractivity contribution in [3.05, 3.63) is 65.5 Å². The van der Waals surface area contributed by atoms with Crippen LogP contribution in [-0.4, -0.2) is 29.6 Å². The zero-order valence-electron chi connectivity index (χ0n) is 15.5. The number of amides is 1. The maximum atomic E-state index is 12.0. The third-order valence-corrected chi connectivity index (χ3v) is 4.59. The van der Waals surface area contributed by atoms with E-state index in [-0.39, 0.29) is 0 Å². The number of benzene rings is 2. The van der Waals surface area contributed by atoms with Gasteiger partial charge in [-0.25, -0.2) is 9.78 Å². The molecule has 7 heteroatoms. The average Bonchev–Trinajstić information content (AvgIpc) is 3.15. The van der Waals surface area contributed by atoms with E-state index in [1.54, 1.807) is 31.2 Å². The minimum Gasteiger partial charge on any atom is -0.479 e. The largest absolute Gasteiger partial charge is 0.479 e. The van der Waals surface area contributed by atoms with Crippen LogP contribution in [0.5, 0.6) is 5.75 Å². The second-order valence-corrected chi connectivity index (χ2v) is 6.99. The van der Waals surface area contributed by atoms with Crippen molar-refractivity contribution in [2.45, 2.75) is 20.0 Å². The van der Waals surface area contributed by atoms with Gasteiger partial charge in [0.15, 0.2) is 17.8 Å². The Balaban J connectivity index is 1.48. The number of aromatic nitrogens is 1. The van der Waals surface area contributed by atoms with Crippen LogP contribution in [0.2, 0.25) is 0 Å². The number of nitrogens with one attached hydrogen (secondary N) is 1. The van der Waals surface area contributed by atoms with Gasteiger partial charge < -0.3 is 9.47 Å².